The maximum atomic E-state index is 13.2. The van der Waals surface area contributed by atoms with Gasteiger partial charge in [0.05, 0.1) is 18.3 Å². The van der Waals surface area contributed by atoms with Gasteiger partial charge in [0, 0.05) is 38.3 Å². The van der Waals surface area contributed by atoms with E-state index in [0.29, 0.717) is 12.2 Å². The van der Waals surface area contributed by atoms with Crippen molar-refractivity contribution in [3.8, 4) is 0 Å². The van der Waals surface area contributed by atoms with Crippen molar-refractivity contribution < 1.29 is 9.59 Å². The number of carbonyl (C=O) groups excluding carboxylic acids is 2. The smallest absolute Gasteiger partial charge is 0.274 e. The van der Waals surface area contributed by atoms with E-state index in [1.165, 1.54) is 11.8 Å². The minimum Gasteiger partial charge on any atom is -0.337 e. The van der Waals surface area contributed by atoms with Crippen molar-refractivity contribution in [2.75, 3.05) is 13.1 Å². The fourth-order valence-corrected chi connectivity index (χ4v) is 4.84. The van der Waals surface area contributed by atoms with Crippen molar-refractivity contribution >= 4 is 11.8 Å². The molecule has 0 radical (unpaired) electrons. The zero-order valence-electron chi connectivity index (χ0n) is 16.2. The van der Waals surface area contributed by atoms with Crippen LogP contribution in [0.2, 0.25) is 0 Å². The lowest BCUT2D eigenvalue weighted by molar-refractivity contribution is -0.133. The zero-order valence-corrected chi connectivity index (χ0v) is 16.2. The van der Waals surface area contributed by atoms with Gasteiger partial charge < -0.3 is 9.80 Å². The molecule has 3 atom stereocenters. The molecule has 2 saturated heterocycles. The first-order valence-corrected chi connectivity index (χ1v) is 10.1. The predicted octanol–water partition coefficient (Wildman–Crippen LogP) is 2.88. The molecule has 1 aromatic carbocycles. The number of hydrogen-bond acceptors (Lipinski definition) is 4. The molecule has 2 fully saturated rings. The second kappa shape index (κ2) is 8.09. The average Bonchev–Trinajstić information content (AvgIpc) is 2.97. The lowest BCUT2D eigenvalue weighted by Crippen LogP contribution is -2.60. The zero-order chi connectivity index (χ0) is 19.5. The molecule has 2 aliphatic heterocycles. The van der Waals surface area contributed by atoms with Crippen LogP contribution in [0.4, 0.5) is 0 Å². The molecule has 6 heteroatoms. The highest BCUT2D eigenvalue weighted by Gasteiger charge is 2.45. The van der Waals surface area contributed by atoms with Crippen molar-refractivity contribution in [3.05, 3.63) is 60.2 Å². The Kier molecular flexibility index (Phi) is 5.37. The van der Waals surface area contributed by atoms with Crippen LogP contribution in [-0.2, 0) is 4.79 Å². The third-order valence-electron chi connectivity index (χ3n) is 6.07. The highest BCUT2D eigenvalue weighted by molar-refractivity contribution is 5.92. The molecule has 4 rings (SSSR count). The molecule has 0 bridgehead atoms. The van der Waals surface area contributed by atoms with Crippen LogP contribution in [0, 0.1) is 0 Å². The summed E-state index contributed by atoms with van der Waals surface area (Å²) in [5.74, 6) is 0.241. The molecule has 3 heterocycles. The Morgan fingerprint density at radius 1 is 1.00 bits per heavy atom. The van der Waals surface area contributed by atoms with Crippen molar-refractivity contribution in [1.29, 1.82) is 0 Å². The number of rotatable bonds is 2. The summed E-state index contributed by atoms with van der Waals surface area (Å²) in [4.78, 5) is 37.9. The number of carbonyl (C=O) groups is 2. The summed E-state index contributed by atoms with van der Waals surface area (Å²) >= 11 is 0. The Morgan fingerprint density at radius 2 is 1.82 bits per heavy atom. The Balaban J connectivity index is 1.72. The van der Waals surface area contributed by atoms with Gasteiger partial charge in [-0.2, -0.15) is 0 Å². The van der Waals surface area contributed by atoms with Gasteiger partial charge in [-0.1, -0.05) is 30.3 Å². The highest BCUT2D eigenvalue weighted by Crippen LogP contribution is 2.39. The van der Waals surface area contributed by atoms with Gasteiger partial charge in [-0.15, -0.1) is 0 Å². The Bertz CT molecular complexity index is 827. The number of hydrogen-bond donors (Lipinski definition) is 0. The number of aromatic nitrogens is 2. The number of nitrogens with zero attached hydrogens (tertiary/aromatic N) is 4. The Morgan fingerprint density at radius 3 is 2.54 bits per heavy atom. The molecule has 0 spiro atoms. The summed E-state index contributed by atoms with van der Waals surface area (Å²) in [7, 11) is 0. The molecule has 28 heavy (non-hydrogen) atoms. The topological polar surface area (TPSA) is 66.4 Å². The van der Waals surface area contributed by atoms with E-state index in [1.807, 2.05) is 15.9 Å². The number of likely N-dealkylation sites (tertiary alicyclic amines) is 2. The second-order valence-corrected chi connectivity index (χ2v) is 7.66. The first kappa shape index (κ1) is 18.6. The Labute approximate surface area is 165 Å². The van der Waals surface area contributed by atoms with Crippen molar-refractivity contribution in [1.82, 2.24) is 19.8 Å². The normalized spacial score (nSPS) is 25.0. The molecular formula is C22H26N4O2. The largest absolute Gasteiger partial charge is 0.337 e. The van der Waals surface area contributed by atoms with Crippen LogP contribution < -0.4 is 0 Å². The van der Waals surface area contributed by atoms with Crippen LogP contribution in [0.1, 0.15) is 54.6 Å². The molecule has 2 aliphatic rings. The van der Waals surface area contributed by atoms with Gasteiger partial charge >= 0.3 is 0 Å². The van der Waals surface area contributed by atoms with Crippen LogP contribution in [0.3, 0.4) is 0 Å². The maximum Gasteiger partial charge on any atom is 0.274 e. The van der Waals surface area contributed by atoms with Gasteiger partial charge in [0.2, 0.25) is 5.91 Å². The van der Waals surface area contributed by atoms with E-state index in [-0.39, 0.29) is 29.8 Å². The van der Waals surface area contributed by atoms with Crippen LogP contribution in [0.15, 0.2) is 48.9 Å². The first-order chi connectivity index (χ1) is 13.7. The molecule has 0 aliphatic carbocycles. The standard InChI is InChI=1S/C22H26N4O2/c1-16(27)25-13-6-5-9-20-21(25)18(17-7-3-2-4-8-17)10-14-26(20)22(28)19-15-23-11-12-24-19/h2-4,7-8,11-12,15,18,20-21H,5-6,9-10,13-14H2,1H3/t18-,20-,21-/m1/s1. The molecule has 0 N–H and O–H groups in total. The molecule has 0 saturated carbocycles. The summed E-state index contributed by atoms with van der Waals surface area (Å²) in [6.45, 7) is 3.07. The summed E-state index contributed by atoms with van der Waals surface area (Å²) < 4.78 is 0. The fourth-order valence-electron chi connectivity index (χ4n) is 4.84. The third kappa shape index (κ3) is 3.51. The summed E-state index contributed by atoms with van der Waals surface area (Å²) in [5.41, 5.74) is 1.62. The van der Waals surface area contributed by atoms with Crippen LogP contribution in [0.25, 0.3) is 0 Å². The predicted molar refractivity (Wildman–Crippen MR) is 106 cm³/mol. The number of piperidine rings is 1. The maximum absolute atomic E-state index is 13.2. The van der Waals surface area contributed by atoms with Crippen molar-refractivity contribution in [2.24, 2.45) is 0 Å². The molecule has 2 amide bonds. The monoisotopic (exact) mass is 378 g/mol. The van der Waals surface area contributed by atoms with E-state index in [4.69, 9.17) is 0 Å². The SMILES string of the molecule is CC(=O)N1CCCC[C@@H]2[C@H]1[C@@H](c1ccccc1)CCN2C(=O)c1cnccn1. The van der Waals surface area contributed by atoms with Crippen LogP contribution in [0.5, 0.6) is 0 Å². The van der Waals surface area contributed by atoms with Gasteiger partial charge in [-0.3, -0.25) is 14.6 Å². The highest BCUT2D eigenvalue weighted by atomic mass is 16.2. The van der Waals surface area contributed by atoms with E-state index in [1.54, 1.807) is 19.3 Å². The lowest BCUT2D eigenvalue weighted by atomic mass is 9.78. The molecule has 1 aromatic heterocycles. The van der Waals surface area contributed by atoms with E-state index in [9.17, 15) is 9.59 Å². The van der Waals surface area contributed by atoms with Crippen molar-refractivity contribution in [2.45, 2.75) is 50.6 Å². The van der Waals surface area contributed by atoms with Gasteiger partial charge in [-0.05, 0) is 31.2 Å². The number of fused-ring (bicyclic) bond motifs is 1. The van der Waals surface area contributed by atoms with E-state index >= 15 is 0 Å². The third-order valence-corrected chi connectivity index (χ3v) is 6.07. The number of amides is 2. The minimum absolute atomic E-state index is 0.000128. The molecule has 0 unspecified atom stereocenters. The number of benzene rings is 1. The van der Waals surface area contributed by atoms with Crippen LogP contribution >= 0.6 is 0 Å². The van der Waals surface area contributed by atoms with E-state index in [0.717, 1.165) is 32.2 Å². The summed E-state index contributed by atoms with van der Waals surface area (Å²) in [6, 6.07) is 10.4. The molecule has 6 nitrogen and oxygen atoms in total. The quantitative estimate of drug-likeness (QED) is 0.806. The summed E-state index contributed by atoms with van der Waals surface area (Å²) in [6.07, 6.45) is 8.38. The first-order valence-electron chi connectivity index (χ1n) is 10.1. The van der Waals surface area contributed by atoms with Crippen LogP contribution in [-0.4, -0.2) is 56.8 Å². The lowest BCUT2D eigenvalue weighted by Gasteiger charge is -2.49. The minimum atomic E-state index is -0.0833. The van der Waals surface area contributed by atoms with Gasteiger partial charge in [0.15, 0.2) is 0 Å². The van der Waals surface area contributed by atoms with E-state index < -0.39 is 0 Å². The average molecular weight is 378 g/mol. The fraction of sp³-hybridized carbons (Fsp3) is 0.455. The molecule has 146 valence electrons. The second-order valence-electron chi connectivity index (χ2n) is 7.66. The van der Waals surface area contributed by atoms with Gasteiger partial charge in [0.25, 0.3) is 5.91 Å². The summed E-state index contributed by atoms with van der Waals surface area (Å²) in [5, 5.41) is 0. The van der Waals surface area contributed by atoms with Crippen molar-refractivity contribution in [3.63, 3.8) is 0 Å². The molecular weight excluding hydrogens is 352 g/mol. The molecule has 2 aromatic rings. The van der Waals surface area contributed by atoms with Gasteiger partial charge in [0.1, 0.15) is 5.69 Å². The van der Waals surface area contributed by atoms with E-state index in [2.05, 4.69) is 34.2 Å². The Hall–Kier alpha value is -2.76. The van der Waals surface area contributed by atoms with Gasteiger partial charge in [-0.25, -0.2) is 4.98 Å².